The number of rotatable bonds is 1. The summed E-state index contributed by atoms with van der Waals surface area (Å²) in [4.78, 5) is 18.2. The molecule has 1 amide bonds. The Labute approximate surface area is 124 Å². The van der Waals surface area contributed by atoms with Gasteiger partial charge in [0.1, 0.15) is 0 Å². The average molecular weight is 283 g/mol. The molecule has 1 saturated carbocycles. The number of nitrogens with zero attached hydrogens (tertiary/aromatic N) is 1. The van der Waals surface area contributed by atoms with Crippen LogP contribution in [0, 0.1) is 0 Å². The Morgan fingerprint density at radius 1 is 1.24 bits per heavy atom. The second-order valence-electron chi connectivity index (χ2n) is 6.47. The number of H-pyrrole nitrogens is 1. The zero-order valence-electron chi connectivity index (χ0n) is 12.2. The second-order valence-corrected chi connectivity index (χ2v) is 6.47. The van der Waals surface area contributed by atoms with Crippen LogP contribution in [0.25, 0.3) is 10.9 Å². The van der Waals surface area contributed by atoms with E-state index in [2.05, 4.69) is 23.2 Å². The molecule has 1 aliphatic heterocycles. The van der Waals surface area contributed by atoms with Crippen LogP contribution in [0.3, 0.4) is 0 Å². The van der Waals surface area contributed by atoms with E-state index in [1.54, 1.807) is 0 Å². The van der Waals surface area contributed by atoms with Crippen LogP contribution in [0.2, 0.25) is 0 Å². The molecule has 0 atom stereocenters. The van der Waals surface area contributed by atoms with Crippen molar-refractivity contribution in [2.24, 2.45) is 5.73 Å². The molecule has 0 spiro atoms. The van der Waals surface area contributed by atoms with Crippen LogP contribution in [-0.2, 0) is 17.8 Å². The number of nitrogens with one attached hydrogen (secondary N) is 1. The molecule has 1 aromatic carbocycles. The molecule has 21 heavy (non-hydrogen) atoms. The summed E-state index contributed by atoms with van der Waals surface area (Å²) in [6.45, 7) is 1.47. The van der Waals surface area contributed by atoms with Gasteiger partial charge < -0.3 is 15.6 Å². The number of para-hydroxylation sites is 1. The predicted molar refractivity (Wildman–Crippen MR) is 82.8 cm³/mol. The largest absolute Gasteiger partial charge is 0.358 e. The third-order valence-corrected chi connectivity index (χ3v) is 5.09. The molecule has 1 aromatic heterocycles. The summed E-state index contributed by atoms with van der Waals surface area (Å²) < 4.78 is 0. The minimum absolute atomic E-state index is 0.149. The fourth-order valence-electron chi connectivity index (χ4n) is 3.87. The van der Waals surface area contributed by atoms with Gasteiger partial charge in [-0.25, -0.2) is 0 Å². The number of carbonyl (C=O) groups excluding carboxylic acids is 1. The zero-order chi connectivity index (χ0) is 14.4. The maximum Gasteiger partial charge on any atom is 0.242 e. The Morgan fingerprint density at radius 2 is 2.00 bits per heavy atom. The standard InChI is InChI=1S/C17H21N3O/c18-17(8-3-4-9-17)16(21)20-10-7-15-13(11-20)12-5-1-2-6-14(12)19-15/h1-2,5-6,19H,3-4,7-11,18H2. The number of fused-ring (bicyclic) bond motifs is 3. The van der Waals surface area contributed by atoms with E-state index < -0.39 is 5.54 Å². The topological polar surface area (TPSA) is 62.1 Å². The van der Waals surface area contributed by atoms with Crippen LogP contribution in [-0.4, -0.2) is 27.9 Å². The van der Waals surface area contributed by atoms with E-state index in [0.717, 1.165) is 38.6 Å². The van der Waals surface area contributed by atoms with Crippen molar-refractivity contribution in [3.63, 3.8) is 0 Å². The predicted octanol–water partition coefficient (Wildman–Crippen LogP) is 2.32. The highest BCUT2D eigenvalue weighted by atomic mass is 16.2. The number of aromatic amines is 1. The molecule has 1 fully saturated rings. The normalized spacial score (nSPS) is 20.7. The van der Waals surface area contributed by atoms with Gasteiger partial charge in [-0.1, -0.05) is 31.0 Å². The monoisotopic (exact) mass is 283 g/mol. The fourth-order valence-corrected chi connectivity index (χ4v) is 3.87. The van der Waals surface area contributed by atoms with Gasteiger partial charge in [0, 0.05) is 41.7 Å². The molecule has 110 valence electrons. The van der Waals surface area contributed by atoms with Crippen molar-refractivity contribution in [3.05, 3.63) is 35.5 Å². The van der Waals surface area contributed by atoms with E-state index in [1.807, 2.05) is 11.0 Å². The number of hydrogen-bond donors (Lipinski definition) is 2. The number of hydrogen-bond acceptors (Lipinski definition) is 2. The van der Waals surface area contributed by atoms with Crippen LogP contribution in [0.15, 0.2) is 24.3 Å². The van der Waals surface area contributed by atoms with Crippen molar-refractivity contribution < 1.29 is 4.79 Å². The van der Waals surface area contributed by atoms with Crippen molar-refractivity contribution in [2.45, 2.75) is 44.2 Å². The summed E-state index contributed by atoms with van der Waals surface area (Å²) in [6, 6.07) is 8.33. The number of aromatic nitrogens is 1. The summed E-state index contributed by atoms with van der Waals surface area (Å²) in [7, 11) is 0. The number of nitrogens with two attached hydrogens (primary N) is 1. The number of carbonyl (C=O) groups is 1. The molecule has 1 aliphatic carbocycles. The second kappa shape index (κ2) is 4.60. The van der Waals surface area contributed by atoms with E-state index in [1.165, 1.54) is 22.2 Å². The highest BCUT2D eigenvalue weighted by Crippen LogP contribution is 2.32. The Hall–Kier alpha value is -1.81. The summed E-state index contributed by atoms with van der Waals surface area (Å²) in [5.74, 6) is 0.149. The maximum atomic E-state index is 12.8. The van der Waals surface area contributed by atoms with Gasteiger partial charge in [-0.2, -0.15) is 0 Å². The molecular weight excluding hydrogens is 262 g/mol. The smallest absolute Gasteiger partial charge is 0.242 e. The lowest BCUT2D eigenvalue weighted by molar-refractivity contribution is -0.137. The number of amides is 1. The van der Waals surface area contributed by atoms with Gasteiger partial charge in [-0.15, -0.1) is 0 Å². The van der Waals surface area contributed by atoms with Crippen molar-refractivity contribution >= 4 is 16.8 Å². The van der Waals surface area contributed by atoms with Gasteiger partial charge in [0.05, 0.1) is 5.54 Å². The van der Waals surface area contributed by atoms with E-state index in [-0.39, 0.29) is 5.91 Å². The van der Waals surface area contributed by atoms with Crippen molar-refractivity contribution in [3.8, 4) is 0 Å². The Balaban J connectivity index is 1.65. The zero-order valence-corrected chi connectivity index (χ0v) is 12.2. The minimum atomic E-state index is -0.608. The lowest BCUT2D eigenvalue weighted by Crippen LogP contribution is -2.54. The van der Waals surface area contributed by atoms with E-state index in [4.69, 9.17) is 5.73 Å². The molecule has 4 rings (SSSR count). The Morgan fingerprint density at radius 3 is 2.81 bits per heavy atom. The van der Waals surface area contributed by atoms with Gasteiger partial charge in [0.2, 0.25) is 5.91 Å². The summed E-state index contributed by atoms with van der Waals surface area (Å²) in [5.41, 5.74) is 9.45. The lowest BCUT2D eigenvalue weighted by Gasteiger charge is -2.34. The molecule has 0 saturated heterocycles. The summed E-state index contributed by atoms with van der Waals surface area (Å²) in [5, 5.41) is 1.24. The third-order valence-electron chi connectivity index (χ3n) is 5.09. The summed E-state index contributed by atoms with van der Waals surface area (Å²) >= 11 is 0. The third kappa shape index (κ3) is 1.97. The average Bonchev–Trinajstić information content (AvgIpc) is 3.10. The van der Waals surface area contributed by atoms with E-state index in [9.17, 15) is 4.79 Å². The first-order chi connectivity index (χ1) is 10.2. The highest BCUT2D eigenvalue weighted by molar-refractivity contribution is 5.89. The molecule has 3 N–H and O–H groups in total. The van der Waals surface area contributed by atoms with Crippen LogP contribution in [0.4, 0.5) is 0 Å². The molecular formula is C17H21N3O. The van der Waals surface area contributed by atoms with Crippen LogP contribution < -0.4 is 5.73 Å². The first-order valence-electron chi connectivity index (χ1n) is 7.84. The first kappa shape index (κ1) is 12.9. The summed E-state index contributed by atoms with van der Waals surface area (Å²) in [6.07, 6.45) is 4.72. The Bertz CT molecular complexity index is 697. The molecule has 2 aliphatic rings. The fraction of sp³-hybridized carbons (Fsp3) is 0.471. The van der Waals surface area contributed by atoms with Crippen LogP contribution >= 0.6 is 0 Å². The molecule has 2 heterocycles. The quantitative estimate of drug-likeness (QED) is 0.843. The van der Waals surface area contributed by atoms with E-state index in [0.29, 0.717) is 6.54 Å². The van der Waals surface area contributed by atoms with Crippen LogP contribution in [0.1, 0.15) is 36.9 Å². The minimum Gasteiger partial charge on any atom is -0.358 e. The molecule has 2 aromatic rings. The van der Waals surface area contributed by atoms with Crippen LogP contribution in [0.5, 0.6) is 0 Å². The van der Waals surface area contributed by atoms with Crippen molar-refractivity contribution in [2.75, 3.05) is 6.54 Å². The van der Waals surface area contributed by atoms with Gasteiger partial charge in [0.25, 0.3) is 0 Å². The van der Waals surface area contributed by atoms with Gasteiger partial charge in [-0.3, -0.25) is 4.79 Å². The molecule has 0 radical (unpaired) electrons. The Kier molecular flexibility index (Phi) is 2.82. The molecule has 0 bridgehead atoms. The highest BCUT2D eigenvalue weighted by Gasteiger charge is 2.40. The van der Waals surface area contributed by atoms with Gasteiger partial charge in [0.15, 0.2) is 0 Å². The van der Waals surface area contributed by atoms with Crippen molar-refractivity contribution in [1.82, 2.24) is 9.88 Å². The number of benzene rings is 1. The van der Waals surface area contributed by atoms with Gasteiger partial charge in [-0.05, 0) is 18.9 Å². The maximum absolute atomic E-state index is 12.8. The van der Waals surface area contributed by atoms with Gasteiger partial charge >= 0.3 is 0 Å². The SMILES string of the molecule is NC1(C(=O)N2CCc3[nH]c4ccccc4c3C2)CCCC1. The molecule has 4 heteroatoms. The van der Waals surface area contributed by atoms with E-state index >= 15 is 0 Å². The lowest BCUT2D eigenvalue weighted by atomic mass is 9.95. The first-order valence-corrected chi connectivity index (χ1v) is 7.84. The van der Waals surface area contributed by atoms with Crippen molar-refractivity contribution in [1.29, 1.82) is 0 Å². The molecule has 4 nitrogen and oxygen atoms in total. The molecule has 0 unspecified atom stereocenters.